The first kappa shape index (κ1) is 14.6. The monoisotopic (exact) mass is 271 g/mol. The molecule has 0 radical (unpaired) electrons. The average molecular weight is 271 g/mol. The molecule has 0 aliphatic carbocycles. The molecule has 0 aliphatic heterocycles. The first-order valence-corrected chi connectivity index (χ1v) is 7.59. The van der Waals surface area contributed by atoms with Crippen LogP contribution in [0, 0.1) is 0 Å². The van der Waals surface area contributed by atoms with Crippen LogP contribution >= 0.6 is 0 Å². The topological polar surface area (TPSA) is 43.8 Å². The molecule has 20 heavy (non-hydrogen) atoms. The van der Waals surface area contributed by atoms with E-state index in [-0.39, 0.29) is 0 Å². The number of hydrogen-bond acceptors (Lipinski definition) is 2. The number of rotatable bonds is 6. The maximum absolute atomic E-state index is 6.38. The second-order valence-electron chi connectivity index (χ2n) is 5.24. The Morgan fingerprint density at radius 3 is 2.30 bits per heavy atom. The van der Waals surface area contributed by atoms with E-state index in [1.54, 1.807) is 0 Å². The van der Waals surface area contributed by atoms with Crippen molar-refractivity contribution in [3.05, 3.63) is 47.4 Å². The third kappa shape index (κ3) is 2.87. The lowest BCUT2D eigenvalue weighted by Gasteiger charge is -2.12. The van der Waals surface area contributed by atoms with Crippen LogP contribution < -0.4 is 5.73 Å². The highest BCUT2D eigenvalue weighted by Gasteiger charge is 2.19. The average Bonchev–Trinajstić information content (AvgIpc) is 2.79. The van der Waals surface area contributed by atoms with Gasteiger partial charge < -0.3 is 10.3 Å². The van der Waals surface area contributed by atoms with E-state index in [1.807, 2.05) is 6.07 Å². The fourth-order valence-corrected chi connectivity index (χ4v) is 2.72. The summed E-state index contributed by atoms with van der Waals surface area (Å²) < 4.78 is 2.17. The highest BCUT2D eigenvalue weighted by molar-refractivity contribution is 5.41. The summed E-state index contributed by atoms with van der Waals surface area (Å²) in [5, 5.41) is 0. The SMILES string of the molecule is CCc1nc(C(CC)CC)c(N)n1Cc1ccccc1. The molecule has 0 bridgehead atoms. The number of imidazole rings is 1. The van der Waals surface area contributed by atoms with Crippen molar-refractivity contribution in [2.45, 2.75) is 52.5 Å². The van der Waals surface area contributed by atoms with Gasteiger partial charge in [-0.1, -0.05) is 51.1 Å². The summed E-state index contributed by atoms with van der Waals surface area (Å²) in [6.45, 7) is 7.35. The maximum Gasteiger partial charge on any atom is 0.127 e. The lowest BCUT2D eigenvalue weighted by atomic mass is 9.99. The number of nitrogens with two attached hydrogens (primary N) is 1. The van der Waals surface area contributed by atoms with E-state index in [1.165, 1.54) is 5.56 Å². The van der Waals surface area contributed by atoms with Gasteiger partial charge in [0.05, 0.1) is 12.2 Å². The van der Waals surface area contributed by atoms with Gasteiger partial charge >= 0.3 is 0 Å². The maximum atomic E-state index is 6.38. The quantitative estimate of drug-likeness (QED) is 0.863. The van der Waals surface area contributed by atoms with Crippen molar-refractivity contribution in [3.8, 4) is 0 Å². The molecule has 0 amide bonds. The van der Waals surface area contributed by atoms with Gasteiger partial charge in [0.15, 0.2) is 0 Å². The van der Waals surface area contributed by atoms with E-state index >= 15 is 0 Å². The summed E-state index contributed by atoms with van der Waals surface area (Å²) in [7, 11) is 0. The fraction of sp³-hybridized carbons (Fsp3) is 0.471. The fourth-order valence-electron chi connectivity index (χ4n) is 2.72. The summed E-state index contributed by atoms with van der Waals surface area (Å²) >= 11 is 0. The lowest BCUT2D eigenvalue weighted by Crippen LogP contribution is -2.09. The number of aromatic nitrogens is 2. The molecular weight excluding hydrogens is 246 g/mol. The molecule has 1 aromatic carbocycles. The lowest BCUT2D eigenvalue weighted by molar-refractivity contribution is 0.627. The van der Waals surface area contributed by atoms with Crippen LogP contribution in [-0.4, -0.2) is 9.55 Å². The van der Waals surface area contributed by atoms with Gasteiger partial charge in [0.25, 0.3) is 0 Å². The third-order valence-corrected chi connectivity index (χ3v) is 3.99. The van der Waals surface area contributed by atoms with Crippen LogP contribution in [0.4, 0.5) is 5.82 Å². The summed E-state index contributed by atoms with van der Waals surface area (Å²) in [4.78, 5) is 4.80. The predicted molar refractivity (Wildman–Crippen MR) is 84.9 cm³/mol. The molecule has 2 rings (SSSR count). The first-order chi connectivity index (χ1) is 9.71. The third-order valence-electron chi connectivity index (χ3n) is 3.99. The van der Waals surface area contributed by atoms with Gasteiger partial charge in [-0.25, -0.2) is 4.98 Å². The Morgan fingerprint density at radius 2 is 1.75 bits per heavy atom. The molecule has 1 heterocycles. The molecule has 0 aliphatic rings. The zero-order valence-corrected chi connectivity index (χ0v) is 12.8. The largest absolute Gasteiger partial charge is 0.384 e. The van der Waals surface area contributed by atoms with E-state index in [2.05, 4.69) is 49.6 Å². The van der Waals surface area contributed by atoms with Crippen LogP contribution in [-0.2, 0) is 13.0 Å². The molecule has 0 atom stereocenters. The van der Waals surface area contributed by atoms with Crippen LogP contribution in [0.2, 0.25) is 0 Å². The van der Waals surface area contributed by atoms with Crippen LogP contribution in [0.5, 0.6) is 0 Å². The number of aryl methyl sites for hydroxylation is 1. The number of nitrogens with zero attached hydrogens (tertiary/aromatic N) is 2. The summed E-state index contributed by atoms with van der Waals surface area (Å²) in [5.41, 5.74) is 8.73. The molecule has 0 unspecified atom stereocenters. The van der Waals surface area contributed by atoms with Gasteiger partial charge in [-0.3, -0.25) is 0 Å². The van der Waals surface area contributed by atoms with Crippen molar-refractivity contribution >= 4 is 5.82 Å². The second-order valence-corrected chi connectivity index (χ2v) is 5.24. The molecule has 0 saturated carbocycles. The number of hydrogen-bond donors (Lipinski definition) is 1. The molecule has 0 fully saturated rings. The first-order valence-electron chi connectivity index (χ1n) is 7.59. The summed E-state index contributed by atoms with van der Waals surface area (Å²) in [6.07, 6.45) is 3.09. The van der Waals surface area contributed by atoms with Crippen molar-refractivity contribution in [1.29, 1.82) is 0 Å². The highest BCUT2D eigenvalue weighted by Crippen LogP contribution is 2.29. The van der Waals surface area contributed by atoms with Gasteiger partial charge in [-0.05, 0) is 18.4 Å². The minimum absolute atomic E-state index is 0.470. The normalized spacial score (nSPS) is 11.2. The molecule has 0 saturated heterocycles. The Hall–Kier alpha value is -1.77. The highest BCUT2D eigenvalue weighted by atomic mass is 15.1. The van der Waals surface area contributed by atoms with Crippen molar-refractivity contribution in [3.63, 3.8) is 0 Å². The molecule has 3 nitrogen and oxygen atoms in total. The second kappa shape index (κ2) is 6.60. The smallest absolute Gasteiger partial charge is 0.127 e. The zero-order chi connectivity index (χ0) is 14.5. The number of nitrogen functional groups attached to an aromatic ring is 1. The molecule has 0 spiro atoms. The van der Waals surface area contributed by atoms with Gasteiger partial charge in [-0.15, -0.1) is 0 Å². The minimum Gasteiger partial charge on any atom is -0.384 e. The van der Waals surface area contributed by atoms with E-state index in [0.29, 0.717) is 5.92 Å². The Morgan fingerprint density at radius 1 is 1.10 bits per heavy atom. The van der Waals surface area contributed by atoms with Crippen LogP contribution in [0.15, 0.2) is 30.3 Å². The molecule has 2 N–H and O–H groups in total. The Bertz CT molecular complexity index is 539. The van der Waals surface area contributed by atoms with Crippen LogP contribution in [0.25, 0.3) is 0 Å². The Balaban J connectivity index is 2.37. The summed E-state index contributed by atoms with van der Waals surface area (Å²) in [5.74, 6) is 2.41. The van der Waals surface area contributed by atoms with Gasteiger partial charge in [0.1, 0.15) is 11.6 Å². The van der Waals surface area contributed by atoms with Gasteiger partial charge in [0, 0.05) is 12.3 Å². The van der Waals surface area contributed by atoms with Crippen molar-refractivity contribution in [1.82, 2.24) is 9.55 Å². The van der Waals surface area contributed by atoms with E-state index in [9.17, 15) is 0 Å². The Labute approximate surface area is 121 Å². The zero-order valence-electron chi connectivity index (χ0n) is 12.8. The van der Waals surface area contributed by atoms with Crippen molar-refractivity contribution < 1.29 is 0 Å². The molecular formula is C17H25N3. The molecule has 108 valence electrons. The van der Waals surface area contributed by atoms with Crippen LogP contribution in [0.1, 0.15) is 56.6 Å². The van der Waals surface area contributed by atoms with Gasteiger partial charge in [0.2, 0.25) is 0 Å². The number of benzene rings is 1. The summed E-state index contributed by atoms with van der Waals surface area (Å²) in [6, 6.07) is 10.4. The van der Waals surface area contributed by atoms with Gasteiger partial charge in [-0.2, -0.15) is 0 Å². The predicted octanol–water partition coefficient (Wildman–Crippen LogP) is 3.98. The molecule has 3 heteroatoms. The van der Waals surface area contributed by atoms with E-state index in [4.69, 9.17) is 10.7 Å². The molecule has 1 aromatic heterocycles. The minimum atomic E-state index is 0.470. The number of anilines is 1. The Kier molecular flexibility index (Phi) is 4.83. The van der Waals surface area contributed by atoms with E-state index in [0.717, 1.165) is 43.1 Å². The standard InChI is InChI=1S/C17H25N3/c1-4-14(5-2)16-17(18)20(15(6-3)19-16)12-13-10-8-7-9-11-13/h7-11,14H,4-6,12,18H2,1-3H3. The van der Waals surface area contributed by atoms with E-state index < -0.39 is 0 Å². The van der Waals surface area contributed by atoms with Crippen molar-refractivity contribution in [2.75, 3.05) is 5.73 Å². The molecule has 2 aromatic rings. The van der Waals surface area contributed by atoms with Crippen molar-refractivity contribution in [2.24, 2.45) is 0 Å². The van der Waals surface area contributed by atoms with Crippen LogP contribution in [0.3, 0.4) is 0 Å².